The molecule has 0 aliphatic rings. The molecule has 1 rings (SSSR count). The van der Waals surface area contributed by atoms with Crippen LogP contribution in [0.4, 0.5) is 0 Å². The Morgan fingerprint density at radius 2 is 2.19 bits per heavy atom. The maximum absolute atomic E-state index is 11.1. The Bertz CT molecular complexity index is 397. The van der Waals surface area contributed by atoms with Gasteiger partial charge in [0.05, 0.1) is 0 Å². The standard InChI is InChI=1S/C9H11N5O2/c10-14-13-6-9(15)12-5-7-1-3-8(16-11)4-2-7/h1-4H,5-6,11H2,(H,12,15). The van der Waals surface area contributed by atoms with Gasteiger partial charge in [-0.1, -0.05) is 17.2 Å². The highest BCUT2D eigenvalue weighted by atomic mass is 16.6. The quantitative estimate of drug-likeness (QED) is 0.332. The summed E-state index contributed by atoms with van der Waals surface area (Å²) in [6.45, 7) is 0.172. The number of benzene rings is 1. The van der Waals surface area contributed by atoms with E-state index in [0.717, 1.165) is 5.56 Å². The van der Waals surface area contributed by atoms with Gasteiger partial charge >= 0.3 is 0 Å². The molecule has 0 saturated carbocycles. The lowest BCUT2D eigenvalue weighted by Gasteiger charge is -2.04. The molecule has 0 saturated heterocycles. The van der Waals surface area contributed by atoms with Crippen LogP contribution in [0, 0.1) is 0 Å². The monoisotopic (exact) mass is 221 g/mol. The van der Waals surface area contributed by atoms with Gasteiger partial charge in [0.15, 0.2) is 0 Å². The minimum absolute atomic E-state index is 0.194. The second-order valence-electron chi connectivity index (χ2n) is 2.93. The smallest absolute Gasteiger partial charge is 0.226 e. The number of carbonyl (C=O) groups is 1. The van der Waals surface area contributed by atoms with Crippen molar-refractivity contribution >= 4 is 5.91 Å². The Labute approximate surface area is 91.8 Å². The van der Waals surface area contributed by atoms with Crippen LogP contribution in [0.15, 0.2) is 29.4 Å². The molecule has 1 amide bonds. The first-order chi connectivity index (χ1) is 7.76. The topological polar surface area (TPSA) is 113 Å². The first-order valence-electron chi connectivity index (χ1n) is 4.49. The Kier molecular flexibility index (Phi) is 4.65. The van der Waals surface area contributed by atoms with Gasteiger partial charge in [-0.15, -0.1) is 0 Å². The minimum Gasteiger partial charge on any atom is -0.412 e. The Balaban J connectivity index is 2.42. The van der Waals surface area contributed by atoms with Crippen LogP contribution in [0.3, 0.4) is 0 Å². The number of azide groups is 1. The van der Waals surface area contributed by atoms with E-state index >= 15 is 0 Å². The van der Waals surface area contributed by atoms with Gasteiger partial charge < -0.3 is 10.2 Å². The molecule has 1 aromatic rings. The van der Waals surface area contributed by atoms with Crippen molar-refractivity contribution in [3.05, 3.63) is 40.3 Å². The van der Waals surface area contributed by atoms with Gasteiger partial charge in [-0.2, -0.15) is 5.90 Å². The Hall–Kier alpha value is -2.24. The van der Waals surface area contributed by atoms with Crippen molar-refractivity contribution in [3.8, 4) is 5.75 Å². The fraction of sp³-hybridized carbons (Fsp3) is 0.222. The highest BCUT2D eigenvalue weighted by Gasteiger charge is 1.99. The number of nitrogens with two attached hydrogens (primary N) is 1. The minimum atomic E-state index is -0.322. The summed E-state index contributed by atoms with van der Waals surface area (Å²) < 4.78 is 0. The molecule has 0 heterocycles. The molecule has 0 bridgehead atoms. The van der Waals surface area contributed by atoms with Gasteiger partial charge in [-0.3, -0.25) is 4.79 Å². The third-order valence-corrected chi connectivity index (χ3v) is 1.83. The molecular weight excluding hydrogens is 210 g/mol. The average molecular weight is 221 g/mol. The summed E-state index contributed by atoms with van der Waals surface area (Å²) in [5, 5.41) is 5.74. The summed E-state index contributed by atoms with van der Waals surface area (Å²) in [4.78, 5) is 18.1. The van der Waals surface area contributed by atoms with Crippen LogP contribution in [0.25, 0.3) is 10.4 Å². The van der Waals surface area contributed by atoms with Gasteiger partial charge in [0.1, 0.15) is 12.3 Å². The van der Waals surface area contributed by atoms with Crippen molar-refractivity contribution in [1.82, 2.24) is 5.32 Å². The lowest BCUT2D eigenvalue weighted by Crippen LogP contribution is -2.24. The summed E-state index contributed by atoms with van der Waals surface area (Å²) >= 11 is 0. The van der Waals surface area contributed by atoms with E-state index in [0.29, 0.717) is 12.3 Å². The van der Waals surface area contributed by atoms with E-state index in [2.05, 4.69) is 20.2 Å². The molecular formula is C9H11N5O2. The lowest BCUT2D eigenvalue weighted by molar-refractivity contribution is -0.119. The average Bonchev–Trinajstić information content (AvgIpc) is 2.34. The lowest BCUT2D eigenvalue weighted by atomic mass is 10.2. The van der Waals surface area contributed by atoms with E-state index in [1.165, 1.54) is 0 Å². The van der Waals surface area contributed by atoms with Crippen LogP contribution in [-0.2, 0) is 11.3 Å². The molecule has 0 unspecified atom stereocenters. The first-order valence-corrected chi connectivity index (χ1v) is 4.49. The molecule has 0 aliphatic heterocycles. The molecule has 0 fully saturated rings. The number of hydrogen-bond donors (Lipinski definition) is 2. The van der Waals surface area contributed by atoms with Crippen LogP contribution in [0.5, 0.6) is 5.75 Å². The predicted octanol–water partition coefficient (Wildman–Crippen LogP) is 0.866. The number of nitrogens with zero attached hydrogens (tertiary/aromatic N) is 3. The fourth-order valence-corrected chi connectivity index (χ4v) is 1.04. The zero-order valence-electron chi connectivity index (χ0n) is 8.46. The highest BCUT2D eigenvalue weighted by Crippen LogP contribution is 2.09. The molecule has 16 heavy (non-hydrogen) atoms. The molecule has 7 heteroatoms. The molecule has 1 aromatic carbocycles. The van der Waals surface area contributed by atoms with Gasteiger partial charge in [-0.25, -0.2) is 0 Å². The Morgan fingerprint density at radius 1 is 1.50 bits per heavy atom. The van der Waals surface area contributed by atoms with Crippen LogP contribution < -0.4 is 16.1 Å². The van der Waals surface area contributed by atoms with E-state index in [1.54, 1.807) is 24.3 Å². The summed E-state index contributed by atoms with van der Waals surface area (Å²) in [5.41, 5.74) is 8.91. The zero-order valence-corrected chi connectivity index (χ0v) is 8.46. The summed E-state index contributed by atoms with van der Waals surface area (Å²) in [5.74, 6) is 5.18. The molecule has 0 spiro atoms. The summed E-state index contributed by atoms with van der Waals surface area (Å²) in [7, 11) is 0. The Morgan fingerprint density at radius 3 is 2.75 bits per heavy atom. The van der Waals surface area contributed by atoms with E-state index in [4.69, 9.17) is 11.4 Å². The van der Waals surface area contributed by atoms with Crippen molar-refractivity contribution in [2.24, 2.45) is 11.0 Å². The first kappa shape index (κ1) is 11.8. The van der Waals surface area contributed by atoms with Crippen LogP contribution in [-0.4, -0.2) is 12.5 Å². The van der Waals surface area contributed by atoms with Gasteiger partial charge in [-0.05, 0) is 23.2 Å². The number of carbonyl (C=O) groups excluding carboxylic acids is 1. The third-order valence-electron chi connectivity index (χ3n) is 1.83. The van der Waals surface area contributed by atoms with Crippen molar-refractivity contribution in [3.63, 3.8) is 0 Å². The molecule has 0 radical (unpaired) electrons. The molecule has 3 N–H and O–H groups in total. The second kappa shape index (κ2) is 6.28. The van der Waals surface area contributed by atoms with E-state index < -0.39 is 0 Å². The van der Waals surface area contributed by atoms with Gasteiger partial charge in [0, 0.05) is 11.5 Å². The number of amides is 1. The van der Waals surface area contributed by atoms with Crippen molar-refractivity contribution in [2.75, 3.05) is 6.54 Å². The SMILES string of the molecule is [N-]=[N+]=NCC(=O)NCc1ccc(ON)cc1. The van der Waals surface area contributed by atoms with E-state index in [9.17, 15) is 4.79 Å². The maximum atomic E-state index is 11.1. The van der Waals surface area contributed by atoms with Gasteiger partial charge in [0.2, 0.25) is 5.91 Å². The van der Waals surface area contributed by atoms with E-state index in [-0.39, 0.29) is 12.5 Å². The number of nitrogens with one attached hydrogen (secondary N) is 1. The maximum Gasteiger partial charge on any atom is 0.226 e. The van der Waals surface area contributed by atoms with Crippen molar-refractivity contribution in [1.29, 1.82) is 0 Å². The molecule has 0 aromatic heterocycles. The van der Waals surface area contributed by atoms with Crippen molar-refractivity contribution < 1.29 is 9.63 Å². The van der Waals surface area contributed by atoms with Crippen LogP contribution >= 0.6 is 0 Å². The summed E-state index contributed by atoms with van der Waals surface area (Å²) in [6.07, 6.45) is 0. The summed E-state index contributed by atoms with van der Waals surface area (Å²) in [6, 6.07) is 6.93. The van der Waals surface area contributed by atoms with Gasteiger partial charge in [0.25, 0.3) is 0 Å². The molecule has 7 nitrogen and oxygen atoms in total. The number of rotatable bonds is 5. The normalized spacial score (nSPS) is 9.06. The van der Waals surface area contributed by atoms with E-state index in [1.807, 2.05) is 0 Å². The molecule has 84 valence electrons. The van der Waals surface area contributed by atoms with Crippen molar-refractivity contribution in [2.45, 2.75) is 6.54 Å². The fourth-order valence-electron chi connectivity index (χ4n) is 1.04. The molecule has 0 atom stereocenters. The predicted molar refractivity (Wildman–Crippen MR) is 57.1 cm³/mol. The third kappa shape index (κ3) is 3.87. The largest absolute Gasteiger partial charge is 0.412 e. The zero-order chi connectivity index (χ0) is 11.8. The number of hydrogen-bond acceptors (Lipinski definition) is 4. The second-order valence-corrected chi connectivity index (χ2v) is 2.93. The molecule has 0 aliphatic carbocycles. The van der Waals surface area contributed by atoms with Crippen LogP contribution in [0.1, 0.15) is 5.56 Å². The highest BCUT2D eigenvalue weighted by molar-refractivity contribution is 5.78. The van der Waals surface area contributed by atoms with Crippen LogP contribution in [0.2, 0.25) is 0 Å².